The molecule has 1 aromatic heterocycles. The highest BCUT2D eigenvalue weighted by Crippen LogP contribution is 2.39. The van der Waals surface area contributed by atoms with Gasteiger partial charge in [-0.15, -0.1) is 0 Å². The van der Waals surface area contributed by atoms with Gasteiger partial charge in [0.05, 0.1) is 6.10 Å². The van der Waals surface area contributed by atoms with Crippen LogP contribution in [0.1, 0.15) is 37.4 Å². The topological polar surface area (TPSA) is 20.2 Å². The predicted octanol–water partition coefficient (Wildman–Crippen LogP) is 3.73. The van der Waals surface area contributed by atoms with Gasteiger partial charge in [-0.05, 0) is 40.1 Å². The molecule has 1 nitrogen and oxygen atoms in total. The average molecular weight is 261 g/mol. The molecule has 1 atom stereocenters. The highest BCUT2D eigenvalue weighted by Gasteiger charge is 2.25. The van der Waals surface area contributed by atoms with Crippen molar-refractivity contribution < 1.29 is 5.11 Å². The van der Waals surface area contributed by atoms with Crippen LogP contribution in [0.25, 0.3) is 0 Å². The van der Waals surface area contributed by atoms with E-state index in [1.807, 2.05) is 10.8 Å². The van der Waals surface area contributed by atoms with Crippen molar-refractivity contribution in [2.75, 3.05) is 0 Å². The van der Waals surface area contributed by atoms with E-state index in [-0.39, 0.29) is 6.10 Å². The lowest BCUT2D eigenvalue weighted by atomic mass is 9.96. The van der Waals surface area contributed by atoms with Crippen molar-refractivity contribution in [1.29, 1.82) is 0 Å². The van der Waals surface area contributed by atoms with Crippen LogP contribution in [0.4, 0.5) is 0 Å². The third-order valence-corrected chi connectivity index (χ3v) is 4.56. The molecule has 1 saturated carbocycles. The Labute approximate surface area is 90.9 Å². The minimum Gasteiger partial charge on any atom is -0.388 e. The summed E-state index contributed by atoms with van der Waals surface area (Å²) < 4.78 is 1.07. The maximum Gasteiger partial charge on any atom is 0.0837 e. The Balaban J connectivity index is 2.12. The van der Waals surface area contributed by atoms with Crippen LogP contribution in [0.15, 0.2) is 15.2 Å². The molecule has 0 bridgehead atoms. The zero-order chi connectivity index (χ0) is 9.26. The first-order chi connectivity index (χ1) is 6.29. The van der Waals surface area contributed by atoms with Crippen molar-refractivity contribution in [2.45, 2.75) is 31.8 Å². The van der Waals surface area contributed by atoms with Gasteiger partial charge in [0, 0.05) is 15.4 Å². The molecule has 1 heterocycles. The molecule has 3 heteroatoms. The van der Waals surface area contributed by atoms with Crippen molar-refractivity contribution in [2.24, 2.45) is 5.92 Å². The number of halogens is 1. The standard InChI is InChI=1S/C10H13BrOS/c11-9-6-13-5-8(9)10(12)7-3-1-2-4-7/h5-7,10,12H,1-4H2. The van der Waals surface area contributed by atoms with Gasteiger partial charge in [-0.2, -0.15) is 11.3 Å². The second-order valence-electron chi connectivity index (χ2n) is 3.66. The molecule has 1 unspecified atom stereocenters. The maximum absolute atomic E-state index is 10.1. The first-order valence-electron chi connectivity index (χ1n) is 4.68. The van der Waals surface area contributed by atoms with Gasteiger partial charge in [-0.1, -0.05) is 12.8 Å². The number of thiophene rings is 1. The van der Waals surface area contributed by atoms with Crippen LogP contribution in [-0.2, 0) is 0 Å². The van der Waals surface area contributed by atoms with E-state index in [4.69, 9.17) is 0 Å². The van der Waals surface area contributed by atoms with Gasteiger partial charge >= 0.3 is 0 Å². The van der Waals surface area contributed by atoms with Crippen LogP contribution in [-0.4, -0.2) is 5.11 Å². The van der Waals surface area contributed by atoms with Crippen LogP contribution < -0.4 is 0 Å². The number of aliphatic hydroxyl groups is 1. The Morgan fingerprint density at radius 2 is 2.08 bits per heavy atom. The molecule has 0 amide bonds. The molecule has 0 saturated heterocycles. The summed E-state index contributed by atoms with van der Waals surface area (Å²) in [7, 11) is 0. The third kappa shape index (κ3) is 1.97. The van der Waals surface area contributed by atoms with Crippen LogP contribution in [0.3, 0.4) is 0 Å². The summed E-state index contributed by atoms with van der Waals surface area (Å²) in [6, 6.07) is 0. The lowest BCUT2D eigenvalue weighted by Crippen LogP contribution is -2.08. The Hall–Kier alpha value is 0.140. The summed E-state index contributed by atoms with van der Waals surface area (Å²) >= 11 is 5.11. The molecule has 1 aliphatic rings. The smallest absolute Gasteiger partial charge is 0.0837 e. The minimum atomic E-state index is -0.247. The monoisotopic (exact) mass is 260 g/mol. The lowest BCUT2D eigenvalue weighted by Gasteiger charge is -2.16. The number of hydrogen-bond donors (Lipinski definition) is 1. The molecule has 72 valence electrons. The van der Waals surface area contributed by atoms with Crippen LogP contribution in [0.5, 0.6) is 0 Å². The molecule has 2 rings (SSSR count). The highest BCUT2D eigenvalue weighted by atomic mass is 79.9. The van der Waals surface area contributed by atoms with Crippen LogP contribution in [0.2, 0.25) is 0 Å². The molecule has 0 spiro atoms. The molecule has 0 aliphatic heterocycles. The van der Waals surface area contributed by atoms with Gasteiger partial charge < -0.3 is 5.11 Å². The van der Waals surface area contributed by atoms with Gasteiger partial charge in [-0.25, -0.2) is 0 Å². The maximum atomic E-state index is 10.1. The molecule has 1 N–H and O–H groups in total. The Kier molecular flexibility index (Phi) is 3.06. The number of aliphatic hydroxyl groups excluding tert-OH is 1. The van der Waals surface area contributed by atoms with Crippen molar-refractivity contribution in [3.8, 4) is 0 Å². The summed E-state index contributed by atoms with van der Waals surface area (Å²) in [6.07, 6.45) is 4.68. The highest BCUT2D eigenvalue weighted by molar-refractivity contribution is 9.10. The quantitative estimate of drug-likeness (QED) is 0.859. The van der Waals surface area contributed by atoms with Crippen molar-refractivity contribution in [3.63, 3.8) is 0 Å². The largest absolute Gasteiger partial charge is 0.388 e. The molecular weight excluding hydrogens is 248 g/mol. The molecule has 1 fully saturated rings. The van der Waals surface area contributed by atoms with Crippen molar-refractivity contribution in [3.05, 3.63) is 20.8 Å². The minimum absolute atomic E-state index is 0.247. The molecule has 0 radical (unpaired) electrons. The van der Waals surface area contributed by atoms with E-state index in [0.29, 0.717) is 5.92 Å². The lowest BCUT2D eigenvalue weighted by molar-refractivity contribution is 0.111. The van der Waals surface area contributed by atoms with Gasteiger partial charge in [0.15, 0.2) is 0 Å². The summed E-state index contributed by atoms with van der Waals surface area (Å²) in [5, 5.41) is 14.2. The fourth-order valence-electron chi connectivity index (χ4n) is 2.03. The number of rotatable bonds is 2. The van der Waals surface area contributed by atoms with Gasteiger partial charge in [0.25, 0.3) is 0 Å². The molecule has 13 heavy (non-hydrogen) atoms. The van der Waals surface area contributed by atoms with E-state index in [1.54, 1.807) is 11.3 Å². The summed E-state index contributed by atoms with van der Waals surface area (Å²) in [4.78, 5) is 0. The summed E-state index contributed by atoms with van der Waals surface area (Å²) in [5.74, 6) is 0.492. The van der Waals surface area contributed by atoms with Crippen molar-refractivity contribution >= 4 is 27.3 Å². The fraction of sp³-hybridized carbons (Fsp3) is 0.600. The second kappa shape index (κ2) is 4.11. The number of hydrogen-bond acceptors (Lipinski definition) is 2. The fourth-order valence-corrected chi connectivity index (χ4v) is 3.59. The normalized spacial score (nSPS) is 20.8. The average Bonchev–Trinajstić information content (AvgIpc) is 2.72. The summed E-state index contributed by atoms with van der Waals surface area (Å²) in [6.45, 7) is 0. The molecular formula is C10H13BrOS. The predicted molar refractivity (Wildman–Crippen MR) is 58.9 cm³/mol. The van der Waals surface area contributed by atoms with Gasteiger partial charge in [-0.3, -0.25) is 0 Å². The van der Waals surface area contributed by atoms with E-state index in [2.05, 4.69) is 15.9 Å². The van der Waals surface area contributed by atoms with Crippen LogP contribution >= 0.6 is 27.3 Å². The van der Waals surface area contributed by atoms with E-state index < -0.39 is 0 Å². The Bertz CT molecular complexity index is 278. The third-order valence-electron chi connectivity index (χ3n) is 2.81. The van der Waals surface area contributed by atoms with Crippen molar-refractivity contribution in [1.82, 2.24) is 0 Å². The first kappa shape index (κ1) is 9.69. The van der Waals surface area contributed by atoms with E-state index in [1.165, 1.54) is 25.7 Å². The van der Waals surface area contributed by atoms with E-state index >= 15 is 0 Å². The summed E-state index contributed by atoms with van der Waals surface area (Å²) in [5.41, 5.74) is 1.08. The second-order valence-corrected chi connectivity index (χ2v) is 5.26. The van der Waals surface area contributed by atoms with E-state index in [9.17, 15) is 5.11 Å². The van der Waals surface area contributed by atoms with Gasteiger partial charge in [0.2, 0.25) is 0 Å². The first-order valence-corrected chi connectivity index (χ1v) is 6.42. The Morgan fingerprint density at radius 3 is 2.62 bits per heavy atom. The molecule has 0 aromatic carbocycles. The zero-order valence-electron chi connectivity index (χ0n) is 7.37. The Morgan fingerprint density at radius 1 is 1.38 bits per heavy atom. The SMILES string of the molecule is OC(c1cscc1Br)C1CCCC1. The van der Waals surface area contributed by atoms with Crippen LogP contribution in [0, 0.1) is 5.92 Å². The van der Waals surface area contributed by atoms with Gasteiger partial charge in [0.1, 0.15) is 0 Å². The zero-order valence-corrected chi connectivity index (χ0v) is 9.77. The molecule has 1 aliphatic carbocycles. The van der Waals surface area contributed by atoms with E-state index in [0.717, 1.165) is 10.0 Å². The molecule has 1 aromatic rings.